The molecule has 1 rings (SSSR count). The van der Waals surface area contributed by atoms with Gasteiger partial charge >= 0.3 is 6.09 Å². The van der Waals surface area contributed by atoms with Crippen molar-refractivity contribution in [1.29, 1.82) is 0 Å². The molecule has 21 heavy (non-hydrogen) atoms. The zero-order valence-corrected chi connectivity index (χ0v) is 13.3. The van der Waals surface area contributed by atoms with Crippen molar-refractivity contribution in [3.05, 3.63) is 29.3 Å². The smallest absolute Gasteiger partial charge is 0.407 e. The largest absolute Gasteiger partial charge is 0.450 e. The van der Waals surface area contributed by atoms with Crippen molar-refractivity contribution in [2.45, 2.75) is 40.7 Å². The number of amides is 2. The average Bonchev–Trinajstić information content (AvgIpc) is 2.41. The van der Waals surface area contributed by atoms with E-state index in [1.165, 1.54) is 0 Å². The van der Waals surface area contributed by atoms with E-state index >= 15 is 0 Å². The Morgan fingerprint density at radius 2 is 1.90 bits per heavy atom. The van der Waals surface area contributed by atoms with Gasteiger partial charge in [-0.2, -0.15) is 0 Å². The maximum atomic E-state index is 12.4. The normalized spacial score (nSPS) is 11.9. The lowest BCUT2D eigenvalue weighted by molar-refractivity contribution is -0.119. The zero-order chi connectivity index (χ0) is 16.0. The van der Waals surface area contributed by atoms with Crippen molar-refractivity contribution in [3.63, 3.8) is 0 Å². The Labute approximate surface area is 126 Å². The molecule has 0 saturated carbocycles. The second-order valence-electron chi connectivity index (χ2n) is 5.32. The van der Waals surface area contributed by atoms with E-state index < -0.39 is 12.1 Å². The van der Waals surface area contributed by atoms with Gasteiger partial charge in [-0.1, -0.05) is 26.0 Å². The second kappa shape index (κ2) is 7.67. The van der Waals surface area contributed by atoms with E-state index in [4.69, 9.17) is 4.74 Å². The van der Waals surface area contributed by atoms with Gasteiger partial charge in [0.1, 0.15) is 6.04 Å². The van der Waals surface area contributed by atoms with Gasteiger partial charge in [0.15, 0.2) is 0 Å². The standard InChI is InChI=1S/C16H24N2O3/c1-6-21-16(20)18-14(10(2)3)15(19)17-13-9-7-8-11(4)12(13)5/h7-10,14H,6H2,1-5H3,(H,17,19)(H,18,20). The summed E-state index contributed by atoms with van der Waals surface area (Å²) >= 11 is 0. The summed E-state index contributed by atoms with van der Waals surface area (Å²) in [6, 6.07) is 5.09. The minimum absolute atomic E-state index is 0.0421. The number of anilines is 1. The average molecular weight is 292 g/mol. The maximum Gasteiger partial charge on any atom is 0.407 e. The van der Waals surface area contributed by atoms with Gasteiger partial charge in [0.25, 0.3) is 0 Å². The molecular weight excluding hydrogens is 268 g/mol. The Bertz CT molecular complexity index is 512. The lowest BCUT2D eigenvalue weighted by Gasteiger charge is -2.22. The van der Waals surface area contributed by atoms with Crippen LogP contribution in [0.1, 0.15) is 31.9 Å². The van der Waals surface area contributed by atoms with Crippen molar-refractivity contribution in [2.75, 3.05) is 11.9 Å². The Morgan fingerprint density at radius 1 is 1.24 bits per heavy atom. The molecule has 0 saturated heterocycles. The van der Waals surface area contributed by atoms with Crippen LogP contribution in [0.5, 0.6) is 0 Å². The Balaban J connectivity index is 2.82. The number of rotatable bonds is 5. The van der Waals surface area contributed by atoms with E-state index in [2.05, 4.69) is 10.6 Å². The van der Waals surface area contributed by atoms with Crippen LogP contribution in [0, 0.1) is 19.8 Å². The predicted molar refractivity (Wildman–Crippen MR) is 83.3 cm³/mol. The Morgan fingerprint density at radius 3 is 2.48 bits per heavy atom. The van der Waals surface area contributed by atoms with E-state index in [1.807, 2.05) is 45.9 Å². The highest BCUT2D eigenvalue weighted by Crippen LogP contribution is 2.18. The lowest BCUT2D eigenvalue weighted by atomic mass is 10.0. The van der Waals surface area contributed by atoms with Crippen molar-refractivity contribution < 1.29 is 14.3 Å². The number of hydrogen-bond donors (Lipinski definition) is 2. The number of nitrogens with one attached hydrogen (secondary N) is 2. The van der Waals surface area contributed by atoms with Gasteiger partial charge in [0.2, 0.25) is 5.91 Å². The minimum atomic E-state index is -0.635. The molecule has 1 unspecified atom stereocenters. The SMILES string of the molecule is CCOC(=O)NC(C(=O)Nc1cccc(C)c1C)C(C)C. The Kier molecular flexibility index (Phi) is 6.21. The van der Waals surface area contributed by atoms with Crippen molar-refractivity contribution >= 4 is 17.7 Å². The molecule has 1 atom stereocenters. The lowest BCUT2D eigenvalue weighted by Crippen LogP contribution is -2.47. The zero-order valence-electron chi connectivity index (χ0n) is 13.3. The van der Waals surface area contributed by atoms with Crippen LogP contribution in [0.15, 0.2) is 18.2 Å². The van der Waals surface area contributed by atoms with Gasteiger partial charge in [-0.25, -0.2) is 4.79 Å². The first-order valence-corrected chi connectivity index (χ1v) is 7.17. The van der Waals surface area contributed by atoms with Crippen LogP contribution in [0.2, 0.25) is 0 Å². The van der Waals surface area contributed by atoms with Crippen LogP contribution in [-0.2, 0) is 9.53 Å². The van der Waals surface area contributed by atoms with E-state index in [0.717, 1.165) is 16.8 Å². The molecule has 1 aromatic carbocycles. The molecule has 5 heteroatoms. The van der Waals surface area contributed by atoms with Crippen LogP contribution >= 0.6 is 0 Å². The van der Waals surface area contributed by atoms with Crippen molar-refractivity contribution in [1.82, 2.24) is 5.32 Å². The van der Waals surface area contributed by atoms with Crippen LogP contribution in [0.4, 0.5) is 10.5 Å². The fraction of sp³-hybridized carbons (Fsp3) is 0.500. The number of hydrogen-bond acceptors (Lipinski definition) is 3. The quantitative estimate of drug-likeness (QED) is 0.876. The summed E-state index contributed by atoms with van der Waals surface area (Å²) < 4.78 is 4.84. The topological polar surface area (TPSA) is 67.4 Å². The molecule has 0 fully saturated rings. The minimum Gasteiger partial charge on any atom is -0.450 e. The summed E-state index contributed by atoms with van der Waals surface area (Å²) in [5.41, 5.74) is 2.88. The van der Waals surface area contributed by atoms with Gasteiger partial charge in [-0.3, -0.25) is 4.79 Å². The van der Waals surface area contributed by atoms with Gasteiger partial charge < -0.3 is 15.4 Å². The highest BCUT2D eigenvalue weighted by molar-refractivity contribution is 5.97. The van der Waals surface area contributed by atoms with Crippen LogP contribution in [0.3, 0.4) is 0 Å². The van der Waals surface area contributed by atoms with E-state index in [1.54, 1.807) is 6.92 Å². The van der Waals surface area contributed by atoms with E-state index in [-0.39, 0.29) is 18.4 Å². The molecule has 0 aliphatic rings. The van der Waals surface area contributed by atoms with E-state index in [9.17, 15) is 9.59 Å². The highest BCUT2D eigenvalue weighted by atomic mass is 16.5. The molecular formula is C16H24N2O3. The number of carbonyl (C=O) groups excluding carboxylic acids is 2. The van der Waals surface area contributed by atoms with E-state index in [0.29, 0.717) is 0 Å². The summed E-state index contributed by atoms with van der Waals surface area (Å²) in [4.78, 5) is 23.9. The molecule has 0 aliphatic carbocycles. The van der Waals surface area contributed by atoms with Crippen LogP contribution in [-0.4, -0.2) is 24.6 Å². The molecule has 0 radical (unpaired) electrons. The molecule has 2 N–H and O–H groups in total. The summed E-state index contributed by atoms with van der Waals surface area (Å²) in [5.74, 6) is -0.286. The summed E-state index contributed by atoms with van der Waals surface area (Å²) in [6.07, 6.45) is -0.577. The number of benzene rings is 1. The van der Waals surface area contributed by atoms with Gasteiger partial charge in [-0.15, -0.1) is 0 Å². The molecule has 0 bridgehead atoms. The molecule has 116 valence electrons. The van der Waals surface area contributed by atoms with Crippen molar-refractivity contribution in [3.8, 4) is 0 Å². The molecule has 1 aromatic rings. The number of ether oxygens (including phenoxy) is 1. The third-order valence-corrected chi connectivity index (χ3v) is 3.36. The molecule has 5 nitrogen and oxygen atoms in total. The molecule has 0 spiro atoms. The molecule has 0 heterocycles. The molecule has 0 aromatic heterocycles. The van der Waals surface area contributed by atoms with Gasteiger partial charge in [0.05, 0.1) is 6.61 Å². The monoisotopic (exact) mass is 292 g/mol. The van der Waals surface area contributed by atoms with Gasteiger partial charge in [-0.05, 0) is 43.9 Å². The summed E-state index contributed by atoms with van der Waals surface area (Å²) in [6.45, 7) is 9.68. The number of alkyl carbamates (subject to hydrolysis) is 1. The number of carbonyl (C=O) groups is 2. The maximum absolute atomic E-state index is 12.4. The molecule has 2 amide bonds. The third-order valence-electron chi connectivity index (χ3n) is 3.36. The fourth-order valence-corrected chi connectivity index (χ4v) is 1.93. The first-order chi connectivity index (χ1) is 9.86. The summed E-state index contributed by atoms with van der Waals surface area (Å²) in [7, 11) is 0. The van der Waals surface area contributed by atoms with Crippen LogP contribution in [0.25, 0.3) is 0 Å². The number of aryl methyl sites for hydroxylation is 1. The molecule has 0 aliphatic heterocycles. The first-order valence-electron chi connectivity index (χ1n) is 7.17. The summed E-state index contributed by atoms with van der Waals surface area (Å²) in [5, 5.41) is 5.47. The predicted octanol–water partition coefficient (Wildman–Crippen LogP) is 3.01. The first kappa shape index (κ1) is 17.0. The highest BCUT2D eigenvalue weighted by Gasteiger charge is 2.25. The second-order valence-corrected chi connectivity index (χ2v) is 5.32. The van der Waals surface area contributed by atoms with Gasteiger partial charge in [0, 0.05) is 5.69 Å². The van der Waals surface area contributed by atoms with Crippen LogP contribution < -0.4 is 10.6 Å². The Hall–Kier alpha value is -2.04. The van der Waals surface area contributed by atoms with Crippen molar-refractivity contribution in [2.24, 2.45) is 5.92 Å². The fourth-order valence-electron chi connectivity index (χ4n) is 1.93. The third kappa shape index (κ3) is 4.77.